The molecule has 0 aliphatic carbocycles. The number of amides is 1. The van der Waals surface area contributed by atoms with Gasteiger partial charge in [0.25, 0.3) is 0 Å². The summed E-state index contributed by atoms with van der Waals surface area (Å²) in [4.78, 5) is 12.5. The smallest absolute Gasteiger partial charge is 0.244 e. The highest BCUT2D eigenvalue weighted by Crippen LogP contribution is 2.23. The number of sulfonamides is 1. The van der Waals surface area contributed by atoms with Gasteiger partial charge >= 0.3 is 0 Å². The van der Waals surface area contributed by atoms with Crippen LogP contribution in [0.15, 0.2) is 42.5 Å². The molecule has 9 heteroatoms. The van der Waals surface area contributed by atoms with Crippen LogP contribution in [0.2, 0.25) is 0 Å². The van der Waals surface area contributed by atoms with Gasteiger partial charge < -0.3 is 5.32 Å². The van der Waals surface area contributed by atoms with Crippen LogP contribution in [0.5, 0.6) is 0 Å². The van der Waals surface area contributed by atoms with E-state index in [1.807, 2.05) is 0 Å². The van der Waals surface area contributed by atoms with E-state index in [0.717, 1.165) is 18.4 Å². The molecule has 0 aliphatic heterocycles. The zero-order valence-corrected chi connectivity index (χ0v) is 15.7. The van der Waals surface area contributed by atoms with Gasteiger partial charge in [0.05, 0.1) is 18.0 Å². The van der Waals surface area contributed by atoms with E-state index in [0.29, 0.717) is 15.9 Å². The van der Waals surface area contributed by atoms with Crippen molar-refractivity contribution in [2.75, 3.05) is 10.6 Å². The fraction of sp³-hybridized carbons (Fsp3) is 0.278. The van der Waals surface area contributed by atoms with Crippen LogP contribution in [0.3, 0.4) is 0 Å². The number of nitrogens with one attached hydrogen (secondary N) is 1. The molecule has 0 saturated heterocycles. The van der Waals surface area contributed by atoms with Gasteiger partial charge in [0, 0.05) is 6.07 Å². The molecule has 2 rings (SSSR count). The molecule has 0 heterocycles. The van der Waals surface area contributed by atoms with Crippen molar-refractivity contribution < 1.29 is 26.4 Å². The van der Waals surface area contributed by atoms with Gasteiger partial charge in [0.1, 0.15) is 11.9 Å². The number of halogens is 3. The summed E-state index contributed by atoms with van der Waals surface area (Å²) in [6.07, 6.45) is 0.863. The second-order valence-corrected chi connectivity index (χ2v) is 7.97. The van der Waals surface area contributed by atoms with Crippen LogP contribution < -0.4 is 9.62 Å². The second-order valence-electron chi connectivity index (χ2n) is 6.12. The van der Waals surface area contributed by atoms with Crippen LogP contribution in [0.25, 0.3) is 0 Å². The molecular weight excluding hydrogens is 381 g/mol. The molecule has 0 aliphatic rings. The molecule has 2 atom stereocenters. The SMILES string of the molecule is C[C@H](NC(=O)[C@@H](C)N(c1ccc(F)c(F)c1)S(C)(=O)=O)c1ccc(F)cc1. The van der Waals surface area contributed by atoms with Gasteiger partial charge in [0.15, 0.2) is 11.6 Å². The first kappa shape index (κ1) is 20.8. The molecule has 0 radical (unpaired) electrons. The van der Waals surface area contributed by atoms with Crippen molar-refractivity contribution >= 4 is 21.6 Å². The van der Waals surface area contributed by atoms with Crippen molar-refractivity contribution in [1.82, 2.24) is 5.32 Å². The standard InChI is InChI=1S/C18H19F3N2O3S/c1-11(13-4-6-14(19)7-5-13)22-18(24)12(2)23(27(3,25)26)15-8-9-16(20)17(21)10-15/h4-12H,1-3H3,(H,22,24)/t11-,12+/m0/s1. The summed E-state index contributed by atoms with van der Waals surface area (Å²) in [5.41, 5.74) is 0.448. The van der Waals surface area contributed by atoms with Crippen LogP contribution >= 0.6 is 0 Å². The minimum Gasteiger partial charge on any atom is -0.348 e. The Kier molecular flexibility index (Phi) is 6.15. The maximum Gasteiger partial charge on any atom is 0.244 e. The summed E-state index contributed by atoms with van der Waals surface area (Å²) in [6, 6.07) is 6.30. The fourth-order valence-electron chi connectivity index (χ4n) is 2.60. The van der Waals surface area contributed by atoms with Crippen molar-refractivity contribution in [2.24, 2.45) is 0 Å². The molecule has 27 heavy (non-hydrogen) atoms. The molecule has 2 aromatic carbocycles. The Bertz CT molecular complexity index is 933. The summed E-state index contributed by atoms with van der Waals surface area (Å²) >= 11 is 0. The van der Waals surface area contributed by atoms with Crippen molar-refractivity contribution in [3.05, 3.63) is 65.5 Å². The lowest BCUT2D eigenvalue weighted by atomic mass is 10.1. The topological polar surface area (TPSA) is 66.5 Å². The van der Waals surface area contributed by atoms with E-state index in [9.17, 15) is 26.4 Å². The fourth-order valence-corrected chi connectivity index (χ4v) is 3.77. The molecule has 146 valence electrons. The predicted molar refractivity (Wildman–Crippen MR) is 96.1 cm³/mol. The average molecular weight is 400 g/mol. The second kappa shape index (κ2) is 7.99. The maximum absolute atomic E-state index is 13.5. The highest BCUT2D eigenvalue weighted by molar-refractivity contribution is 7.92. The molecule has 5 nitrogen and oxygen atoms in total. The molecule has 1 N–H and O–H groups in total. The van der Waals surface area contributed by atoms with Gasteiger partial charge in [-0.1, -0.05) is 12.1 Å². The number of nitrogens with zero attached hydrogens (tertiary/aromatic N) is 1. The first-order valence-electron chi connectivity index (χ1n) is 8.01. The van der Waals surface area contributed by atoms with Crippen molar-refractivity contribution in [3.63, 3.8) is 0 Å². The molecule has 0 spiro atoms. The van der Waals surface area contributed by atoms with Gasteiger partial charge in [-0.3, -0.25) is 9.10 Å². The molecule has 2 aromatic rings. The molecule has 0 aromatic heterocycles. The Morgan fingerprint density at radius 2 is 1.59 bits per heavy atom. The summed E-state index contributed by atoms with van der Waals surface area (Å²) in [5.74, 6) is -3.43. The number of anilines is 1. The summed E-state index contributed by atoms with van der Waals surface area (Å²) in [5, 5.41) is 2.63. The van der Waals surface area contributed by atoms with E-state index < -0.39 is 45.5 Å². The van der Waals surface area contributed by atoms with Gasteiger partial charge in [-0.2, -0.15) is 0 Å². The van der Waals surface area contributed by atoms with Crippen LogP contribution in [0, 0.1) is 17.5 Å². The Morgan fingerprint density at radius 1 is 1.00 bits per heavy atom. The minimum absolute atomic E-state index is 0.173. The zero-order chi connectivity index (χ0) is 20.4. The molecule has 0 bridgehead atoms. The third kappa shape index (κ3) is 5.00. The monoisotopic (exact) mass is 400 g/mol. The molecule has 0 fully saturated rings. The van der Waals surface area contributed by atoms with E-state index in [1.165, 1.54) is 31.2 Å². The van der Waals surface area contributed by atoms with Crippen LogP contribution in [0.4, 0.5) is 18.9 Å². The molecule has 0 unspecified atom stereocenters. The number of hydrogen-bond acceptors (Lipinski definition) is 3. The predicted octanol–water partition coefficient (Wildman–Crippen LogP) is 3.14. The first-order chi connectivity index (χ1) is 12.5. The molecular formula is C18H19F3N2O3S. The zero-order valence-electron chi connectivity index (χ0n) is 14.9. The van der Waals surface area contributed by atoms with E-state index in [4.69, 9.17) is 0 Å². The highest BCUT2D eigenvalue weighted by atomic mass is 32.2. The summed E-state index contributed by atoms with van der Waals surface area (Å²) in [7, 11) is -3.96. The Balaban J connectivity index is 2.26. The average Bonchev–Trinajstić information content (AvgIpc) is 2.57. The summed E-state index contributed by atoms with van der Waals surface area (Å²) < 4.78 is 64.7. The van der Waals surface area contributed by atoms with Crippen molar-refractivity contribution in [3.8, 4) is 0 Å². The van der Waals surface area contributed by atoms with Gasteiger partial charge in [0.2, 0.25) is 15.9 Å². The van der Waals surface area contributed by atoms with Gasteiger partial charge in [-0.25, -0.2) is 21.6 Å². The Morgan fingerprint density at radius 3 is 2.11 bits per heavy atom. The molecule has 0 saturated carbocycles. The largest absolute Gasteiger partial charge is 0.348 e. The number of carbonyl (C=O) groups excluding carboxylic acids is 1. The minimum atomic E-state index is -3.96. The van der Waals surface area contributed by atoms with Crippen molar-refractivity contribution in [1.29, 1.82) is 0 Å². The quantitative estimate of drug-likeness (QED) is 0.810. The van der Waals surface area contributed by atoms with E-state index in [2.05, 4.69) is 5.32 Å². The van der Waals surface area contributed by atoms with E-state index in [1.54, 1.807) is 6.92 Å². The Hall–Kier alpha value is -2.55. The van der Waals surface area contributed by atoms with E-state index >= 15 is 0 Å². The number of rotatable bonds is 6. The number of hydrogen-bond donors (Lipinski definition) is 1. The van der Waals surface area contributed by atoms with Gasteiger partial charge in [-0.05, 0) is 43.7 Å². The highest BCUT2D eigenvalue weighted by Gasteiger charge is 2.30. The normalized spacial score (nSPS) is 13.7. The first-order valence-corrected chi connectivity index (χ1v) is 9.86. The Labute approximate surface area is 155 Å². The molecule has 1 amide bonds. The third-order valence-electron chi connectivity index (χ3n) is 3.97. The van der Waals surface area contributed by atoms with Crippen LogP contribution in [0.1, 0.15) is 25.5 Å². The lowest BCUT2D eigenvalue weighted by Crippen LogP contribution is -2.48. The lowest BCUT2D eigenvalue weighted by Gasteiger charge is -2.29. The number of benzene rings is 2. The van der Waals surface area contributed by atoms with Crippen molar-refractivity contribution in [2.45, 2.75) is 25.9 Å². The lowest BCUT2D eigenvalue weighted by molar-refractivity contribution is -0.122. The maximum atomic E-state index is 13.5. The van der Waals surface area contributed by atoms with Crippen LogP contribution in [-0.2, 0) is 14.8 Å². The number of carbonyl (C=O) groups is 1. The van der Waals surface area contributed by atoms with Gasteiger partial charge in [-0.15, -0.1) is 0 Å². The van der Waals surface area contributed by atoms with E-state index in [-0.39, 0.29) is 5.69 Å². The third-order valence-corrected chi connectivity index (χ3v) is 5.22. The summed E-state index contributed by atoms with van der Waals surface area (Å²) in [6.45, 7) is 2.98. The van der Waals surface area contributed by atoms with Crippen LogP contribution in [-0.4, -0.2) is 26.6 Å².